The Kier molecular flexibility index (Phi) is 3.79. The number of halogens is 2. The van der Waals surface area contributed by atoms with Gasteiger partial charge in [0.25, 0.3) is 0 Å². The van der Waals surface area contributed by atoms with E-state index in [4.69, 9.17) is 9.47 Å². The molecule has 0 N–H and O–H groups in total. The molecule has 122 valence electrons. The van der Waals surface area contributed by atoms with Crippen molar-refractivity contribution in [3.8, 4) is 5.75 Å². The summed E-state index contributed by atoms with van der Waals surface area (Å²) >= 11 is 0. The first-order chi connectivity index (χ1) is 11.0. The number of pyridine rings is 1. The van der Waals surface area contributed by atoms with Crippen molar-refractivity contribution in [2.45, 2.75) is 25.8 Å². The minimum Gasteiger partial charge on any atom is -0.491 e. The van der Waals surface area contributed by atoms with E-state index in [-0.39, 0.29) is 34.9 Å². The number of hydrogen-bond acceptors (Lipinski definition) is 4. The molecular weight excluding hydrogens is 308 g/mol. The molecule has 1 heterocycles. The van der Waals surface area contributed by atoms with Crippen LogP contribution in [-0.2, 0) is 4.74 Å². The Balaban J connectivity index is 2.40. The maximum Gasteiger partial charge on any atom is 0.343 e. The molecule has 1 saturated carbocycles. The fraction of sp³-hybridized carbons (Fsp3) is 0.375. The van der Waals surface area contributed by atoms with Crippen LogP contribution in [0.2, 0.25) is 0 Å². The Hall–Kier alpha value is -2.44. The zero-order valence-electron chi connectivity index (χ0n) is 12.7. The van der Waals surface area contributed by atoms with E-state index < -0.39 is 23.0 Å². The van der Waals surface area contributed by atoms with Gasteiger partial charge in [0.15, 0.2) is 11.6 Å². The molecule has 1 aromatic carbocycles. The number of ether oxygens (including phenoxy) is 2. The average molecular weight is 323 g/mol. The molecule has 1 aromatic heterocycles. The van der Waals surface area contributed by atoms with E-state index in [0.717, 1.165) is 18.9 Å². The molecule has 0 spiro atoms. The Morgan fingerprint density at radius 3 is 2.65 bits per heavy atom. The van der Waals surface area contributed by atoms with Crippen molar-refractivity contribution < 1.29 is 23.0 Å². The third-order valence-corrected chi connectivity index (χ3v) is 3.81. The minimum atomic E-state index is -1.20. The van der Waals surface area contributed by atoms with Crippen molar-refractivity contribution in [3.05, 3.63) is 39.7 Å². The van der Waals surface area contributed by atoms with Gasteiger partial charge in [-0.2, -0.15) is 4.39 Å². The van der Waals surface area contributed by atoms with Crippen molar-refractivity contribution in [3.63, 3.8) is 0 Å². The molecule has 1 fully saturated rings. The van der Waals surface area contributed by atoms with Gasteiger partial charge >= 0.3 is 5.97 Å². The van der Waals surface area contributed by atoms with Gasteiger partial charge in [-0.3, -0.25) is 4.79 Å². The largest absolute Gasteiger partial charge is 0.491 e. The number of aromatic nitrogens is 1. The summed E-state index contributed by atoms with van der Waals surface area (Å²) in [6, 6.07) is 0.821. The van der Waals surface area contributed by atoms with Crippen molar-refractivity contribution in [2.75, 3.05) is 13.7 Å². The monoisotopic (exact) mass is 323 g/mol. The third kappa shape index (κ3) is 2.46. The van der Waals surface area contributed by atoms with E-state index in [0.29, 0.717) is 0 Å². The normalized spacial score (nSPS) is 14.1. The summed E-state index contributed by atoms with van der Waals surface area (Å²) in [7, 11) is 1.21. The van der Waals surface area contributed by atoms with Crippen LogP contribution >= 0.6 is 0 Å². The summed E-state index contributed by atoms with van der Waals surface area (Å²) in [5.41, 5.74) is -0.737. The number of fused-ring (bicyclic) bond motifs is 1. The minimum absolute atomic E-state index is 0.0186. The molecule has 0 bridgehead atoms. The number of methoxy groups -OCH3 is 1. The molecular formula is C16H15F2NO4. The highest BCUT2D eigenvalue weighted by Gasteiger charge is 2.30. The summed E-state index contributed by atoms with van der Waals surface area (Å²) in [4.78, 5) is 24.5. The van der Waals surface area contributed by atoms with Crippen LogP contribution in [0.15, 0.2) is 17.1 Å². The fourth-order valence-electron chi connectivity index (χ4n) is 2.61. The molecule has 0 unspecified atom stereocenters. The number of nitrogens with zero attached hydrogens (tertiary/aromatic N) is 1. The van der Waals surface area contributed by atoms with Gasteiger partial charge in [-0.15, -0.1) is 0 Å². The van der Waals surface area contributed by atoms with Crippen molar-refractivity contribution in [1.29, 1.82) is 0 Å². The van der Waals surface area contributed by atoms with E-state index in [1.54, 1.807) is 11.5 Å². The van der Waals surface area contributed by atoms with Crippen LogP contribution < -0.4 is 10.2 Å². The van der Waals surface area contributed by atoms with Crippen molar-refractivity contribution >= 4 is 16.9 Å². The second kappa shape index (κ2) is 5.64. The number of carbonyl (C=O) groups excluding carboxylic acids is 1. The van der Waals surface area contributed by atoms with Gasteiger partial charge in [0.2, 0.25) is 11.2 Å². The first-order valence-electron chi connectivity index (χ1n) is 7.27. The summed E-state index contributed by atoms with van der Waals surface area (Å²) in [6.07, 6.45) is 2.99. The van der Waals surface area contributed by atoms with Gasteiger partial charge in [-0.25, -0.2) is 9.18 Å². The fourth-order valence-corrected chi connectivity index (χ4v) is 2.61. The van der Waals surface area contributed by atoms with Crippen LogP contribution in [0.4, 0.5) is 8.78 Å². The van der Waals surface area contributed by atoms with Gasteiger partial charge < -0.3 is 14.0 Å². The molecule has 3 rings (SSSR count). The summed E-state index contributed by atoms with van der Waals surface area (Å²) in [5.74, 6) is -3.47. The smallest absolute Gasteiger partial charge is 0.343 e. The van der Waals surface area contributed by atoms with Crippen molar-refractivity contribution in [1.82, 2.24) is 4.57 Å². The molecule has 1 aliphatic carbocycles. The molecule has 0 atom stereocenters. The number of benzene rings is 1. The van der Waals surface area contributed by atoms with Gasteiger partial charge in [-0.1, -0.05) is 0 Å². The third-order valence-electron chi connectivity index (χ3n) is 3.81. The molecule has 23 heavy (non-hydrogen) atoms. The van der Waals surface area contributed by atoms with Crippen LogP contribution in [0.25, 0.3) is 10.9 Å². The lowest BCUT2D eigenvalue weighted by Crippen LogP contribution is -2.21. The van der Waals surface area contributed by atoms with Crippen molar-refractivity contribution in [2.24, 2.45) is 0 Å². The molecule has 0 radical (unpaired) electrons. The zero-order valence-corrected chi connectivity index (χ0v) is 12.7. The van der Waals surface area contributed by atoms with Gasteiger partial charge in [0.1, 0.15) is 5.56 Å². The van der Waals surface area contributed by atoms with E-state index in [9.17, 15) is 18.4 Å². The van der Waals surface area contributed by atoms with Gasteiger partial charge in [0.05, 0.1) is 24.6 Å². The van der Waals surface area contributed by atoms with Gasteiger partial charge in [0, 0.05) is 12.2 Å². The number of esters is 1. The van der Waals surface area contributed by atoms with E-state index in [1.807, 2.05) is 0 Å². The Labute approximate surface area is 130 Å². The van der Waals surface area contributed by atoms with E-state index >= 15 is 0 Å². The van der Waals surface area contributed by atoms with Crippen LogP contribution in [0, 0.1) is 11.6 Å². The van der Waals surface area contributed by atoms with Crippen LogP contribution in [-0.4, -0.2) is 24.3 Å². The zero-order chi connectivity index (χ0) is 16.7. The Bertz CT molecular complexity index is 856. The Morgan fingerprint density at radius 1 is 1.39 bits per heavy atom. The Morgan fingerprint density at radius 2 is 2.09 bits per heavy atom. The lowest BCUT2D eigenvalue weighted by atomic mass is 10.1. The highest BCUT2D eigenvalue weighted by Crippen LogP contribution is 2.40. The summed E-state index contributed by atoms with van der Waals surface area (Å²) in [6.45, 7) is 1.73. The molecule has 0 saturated heterocycles. The molecule has 0 amide bonds. The summed E-state index contributed by atoms with van der Waals surface area (Å²) in [5, 5.41) is -0.0989. The second-order valence-corrected chi connectivity index (χ2v) is 5.33. The van der Waals surface area contributed by atoms with Crippen LogP contribution in [0.1, 0.15) is 36.2 Å². The van der Waals surface area contributed by atoms with Gasteiger partial charge in [-0.05, 0) is 25.8 Å². The van der Waals surface area contributed by atoms with Crippen LogP contribution in [0.5, 0.6) is 5.75 Å². The first-order valence-corrected chi connectivity index (χ1v) is 7.27. The number of hydrogen-bond donors (Lipinski definition) is 0. The molecule has 0 aliphatic heterocycles. The molecule has 7 heteroatoms. The number of rotatable bonds is 4. The topological polar surface area (TPSA) is 57.5 Å². The first kappa shape index (κ1) is 15.5. The van der Waals surface area contributed by atoms with E-state index in [1.165, 1.54) is 13.3 Å². The molecule has 5 nitrogen and oxygen atoms in total. The predicted octanol–water partition coefficient (Wildman–Crippen LogP) is 2.80. The highest BCUT2D eigenvalue weighted by atomic mass is 19.2. The maximum absolute atomic E-state index is 14.0. The van der Waals surface area contributed by atoms with Crippen LogP contribution in [0.3, 0.4) is 0 Å². The lowest BCUT2D eigenvalue weighted by molar-refractivity contribution is 0.0524. The number of carbonyl (C=O) groups is 1. The lowest BCUT2D eigenvalue weighted by Gasteiger charge is -2.16. The SMILES string of the molecule is CCOC(=O)c1cn(C2CC2)c2c(OC)c(F)c(F)cc2c1=O. The second-order valence-electron chi connectivity index (χ2n) is 5.33. The quantitative estimate of drug-likeness (QED) is 0.812. The highest BCUT2D eigenvalue weighted by molar-refractivity contribution is 5.95. The summed E-state index contributed by atoms with van der Waals surface area (Å²) < 4.78 is 39.2. The average Bonchev–Trinajstić information content (AvgIpc) is 3.35. The maximum atomic E-state index is 14.0. The molecule has 1 aliphatic rings. The molecule has 2 aromatic rings. The predicted molar refractivity (Wildman–Crippen MR) is 78.9 cm³/mol. The van der Waals surface area contributed by atoms with E-state index in [2.05, 4.69) is 0 Å². The standard InChI is InChI=1S/C16H15F2NO4/c1-3-23-16(21)10-7-19(8-4-5-8)13-9(14(10)20)6-11(17)12(18)15(13)22-2/h6-8H,3-5H2,1-2H3.